The Bertz CT molecular complexity index is 513. The number of amidine groups is 2. The number of hydrogen-bond donors (Lipinski definition) is 3. The number of nitrogens with one attached hydrogen (secondary N) is 3. The molecule has 0 aliphatic carbocycles. The summed E-state index contributed by atoms with van der Waals surface area (Å²) in [4.78, 5) is 6.33. The summed E-state index contributed by atoms with van der Waals surface area (Å²) in [7, 11) is 0. The second kappa shape index (κ2) is 8.48. The van der Waals surface area contributed by atoms with Crippen molar-refractivity contribution in [2.75, 3.05) is 13.1 Å². The molecule has 23 heavy (non-hydrogen) atoms. The number of thiophene rings is 1. The minimum absolute atomic E-state index is 0.346. The predicted molar refractivity (Wildman–Crippen MR) is 99.0 cm³/mol. The quantitative estimate of drug-likeness (QED) is 0.783. The first-order valence-corrected chi connectivity index (χ1v) is 9.85. The van der Waals surface area contributed by atoms with Crippen molar-refractivity contribution in [1.82, 2.24) is 10.6 Å². The molecule has 1 aromatic rings. The average Bonchev–Trinajstić information content (AvgIpc) is 2.82. The van der Waals surface area contributed by atoms with Gasteiger partial charge < -0.3 is 10.6 Å². The van der Waals surface area contributed by atoms with Gasteiger partial charge in [0.05, 0.1) is 18.2 Å². The molecule has 0 aromatic carbocycles. The second-order valence-corrected chi connectivity index (χ2v) is 7.60. The normalized spacial score (nSPS) is 26.0. The zero-order chi connectivity index (χ0) is 15.9. The molecule has 2 atom stereocenters. The maximum absolute atomic E-state index is 8.08. The summed E-state index contributed by atoms with van der Waals surface area (Å²) >= 11 is 1.82. The molecule has 0 bridgehead atoms. The number of nitrogens with zero attached hydrogens (tertiary/aromatic N) is 1. The van der Waals surface area contributed by atoms with Crippen molar-refractivity contribution >= 4 is 23.0 Å². The van der Waals surface area contributed by atoms with Crippen LogP contribution in [0.3, 0.4) is 0 Å². The highest BCUT2D eigenvalue weighted by Crippen LogP contribution is 2.29. The minimum atomic E-state index is 0.346. The van der Waals surface area contributed by atoms with Crippen LogP contribution in [0.1, 0.15) is 62.2 Å². The molecule has 2 saturated heterocycles. The van der Waals surface area contributed by atoms with Crippen LogP contribution in [-0.4, -0.2) is 30.8 Å². The van der Waals surface area contributed by atoms with Gasteiger partial charge in [-0.2, -0.15) is 0 Å². The van der Waals surface area contributed by atoms with Gasteiger partial charge in [-0.25, -0.2) is 0 Å². The summed E-state index contributed by atoms with van der Waals surface area (Å²) in [5, 5.41) is 17.2. The van der Waals surface area contributed by atoms with E-state index >= 15 is 0 Å². The van der Waals surface area contributed by atoms with E-state index in [0.29, 0.717) is 17.8 Å². The highest BCUT2D eigenvalue weighted by Gasteiger charge is 2.26. The Morgan fingerprint density at radius 3 is 3.00 bits per heavy atom. The van der Waals surface area contributed by atoms with Gasteiger partial charge in [0, 0.05) is 36.2 Å². The van der Waals surface area contributed by atoms with E-state index in [1.807, 2.05) is 11.3 Å². The molecular formula is C18H28N4S. The third-order valence-electron chi connectivity index (χ3n) is 4.84. The van der Waals surface area contributed by atoms with Crippen molar-refractivity contribution in [3.8, 4) is 0 Å². The van der Waals surface area contributed by atoms with Crippen molar-refractivity contribution in [3.63, 3.8) is 0 Å². The Morgan fingerprint density at radius 2 is 2.13 bits per heavy atom. The van der Waals surface area contributed by atoms with Crippen LogP contribution < -0.4 is 10.6 Å². The third-order valence-corrected chi connectivity index (χ3v) is 5.85. The molecule has 2 aliphatic rings. The SMILES string of the molecule is N=C1CCCCC(C(CN=C2CCCCCN2)c2cccs2)N1. The summed E-state index contributed by atoms with van der Waals surface area (Å²) in [6, 6.07) is 4.71. The summed E-state index contributed by atoms with van der Waals surface area (Å²) in [6.07, 6.45) is 9.28. The van der Waals surface area contributed by atoms with E-state index in [-0.39, 0.29) is 0 Å². The molecule has 5 heteroatoms. The highest BCUT2D eigenvalue weighted by atomic mass is 32.1. The molecule has 2 unspecified atom stereocenters. The Morgan fingerprint density at radius 1 is 1.22 bits per heavy atom. The van der Waals surface area contributed by atoms with Crippen molar-refractivity contribution in [2.24, 2.45) is 4.99 Å². The number of rotatable bonds is 4. The zero-order valence-corrected chi connectivity index (χ0v) is 14.6. The smallest absolute Gasteiger partial charge is 0.0963 e. The summed E-state index contributed by atoms with van der Waals surface area (Å²) < 4.78 is 0. The Kier molecular flexibility index (Phi) is 6.08. The number of aliphatic imine (C=N–C) groups is 1. The first-order chi connectivity index (χ1) is 11.3. The lowest BCUT2D eigenvalue weighted by molar-refractivity contribution is 0.468. The predicted octanol–water partition coefficient (Wildman–Crippen LogP) is 3.90. The number of hydrogen-bond acceptors (Lipinski definition) is 3. The summed E-state index contributed by atoms with van der Waals surface area (Å²) in [6.45, 7) is 1.89. The summed E-state index contributed by atoms with van der Waals surface area (Å²) in [5.41, 5.74) is 0. The van der Waals surface area contributed by atoms with Crippen LogP contribution >= 0.6 is 11.3 Å². The molecule has 0 amide bonds. The molecule has 2 aliphatic heterocycles. The molecule has 3 N–H and O–H groups in total. The lowest BCUT2D eigenvalue weighted by Crippen LogP contribution is -2.38. The average molecular weight is 333 g/mol. The molecule has 0 radical (unpaired) electrons. The fourth-order valence-electron chi connectivity index (χ4n) is 3.51. The van der Waals surface area contributed by atoms with E-state index in [0.717, 1.165) is 38.8 Å². The lowest BCUT2D eigenvalue weighted by Gasteiger charge is -2.26. The first-order valence-electron chi connectivity index (χ1n) is 8.97. The van der Waals surface area contributed by atoms with Crippen molar-refractivity contribution in [2.45, 2.75) is 63.3 Å². The van der Waals surface area contributed by atoms with Crippen LogP contribution in [0.2, 0.25) is 0 Å². The molecule has 3 heterocycles. The van der Waals surface area contributed by atoms with Crippen LogP contribution in [0.4, 0.5) is 0 Å². The molecule has 4 nitrogen and oxygen atoms in total. The van der Waals surface area contributed by atoms with E-state index in [2.05, 4.69) is 28.1 Å². The monoisotopic (exact) mass is 332 g/mol. The van der Waals surface area contributed by atoms with E-state index in [1.54, 1.807) is 0 Å². The fraction of sp³-hybridized carbons (Fsp3) is 0.667. The van der Waals surface area contributed by atoms with Gasteiger partial charge in [0.15, 0.2) is 0 Å². The Labute approximate surface area is 143 Å². The molecule has 126 valence electrons. The van der Waals surface area contributed by atoms with Gasteiger partial charge in [-0.15, -0.1) is 11.3 Å². The maximum Gasteiger partial charge on any atom is 0.0963 e. The van der Waals surface area contributed by atoms with Crippen molar-refractivity contribution in [1.29, 1.82) is 5.41 Å². The standard InChI is InChI=1S/C18H28N4S/c19-17-9-4-3-7-15(22-17)14(16-8-6-12-23-16)13-21-18-10-2-1-5-11-20-18/h6,8,12,14-15H,1-5,7,9-11,13H2,(H2,19,22)(H,20,21). The molecular weight excluding hydrogens is 304 g/mol. The zero-order valence-electron chi connectivity index (χ0n) is 13.8. The fourth-order valence-corrected chi connectivity index (χ4v) is 4.40. The Balaban J connectivity index is 1.73. The highest BCUT2D eigenvalue weighted by molar-refractivity contribution is 7.10. The summed E-state index contributed by atoms with van der Waals surface area (Å²) in [5.74, 6) is 2.27. The van der Waals surface area contributed by atoms with E-state index in [9.17, 15) is 0 Å². The second-order valence-electron chi connectivity index (χ2n) is 6.62. The third kappa shape index (κ3) is 4.80. The van der Waals surface area contributed by atoms with Gasteiger partial charge in [-0.3, -0.25) is 10.4 Å². The van der Waals surface area contributed by atoms with Crippen molar-refractivity contribution < 1.29 is 0 Å². The topological polar surface area (TPSA) is 60.3 Å². The van der Waals surface area contributed by atoms with Gasteiger partial charge >= 0.3 is 0 Å². The minimum Gasteiger partial charge on any atom is -0.374 e. The van der Waals surface area contributed by atoms with Gasteiger partial charge in [0.1, 0.15) is 0 Å². The van der Waals surface area contributed by atoms with Gasteiger partial charge in [-0.05, 0) is 37.1 Å². The molecule has 0 saturated carbocycles. The molecule has 0 spiro atoms. The van der Waals surface area contributed by atoms with Crippen LogP contribution in [0.25, 0.3) is 0 Å². The van der Waals surface area contributed by atoms with Gasteiger partial charge in [-0.1, -0.05) is 18.9 Å². The van der Waals surface area contributed by atoms with Crippen LogP contribution in [0, 0.1) is 5.41 Å². The molecule has 3 rings (SSSR count). The van der Waals surface area contributed by atoms with E-state index < -0.39 is 0 Å². The van der Waals surface area contributed by atoms with Crippen LogP contribution in [0.5, 0.6) is 0 Å². The van der Waals surface area contributed by atoms with E-state index in [4.69, 9.17) is 10.4 Å². The van der Waals surface area contributed by atoms with Gasteiger partial charge in [0.25, 0.3) is 0 Å². The first kappa shape index (κ1) is 16.5. The molecule has 2 fully saturated rings. The maximum atomic E-state index is 8.08. The van der Waals surface area contributed by atoms with Crippen molar-refractivity contribution in [3.05, 3.63) is 22.4 Å². The Hall–Kier alpha value is -1.36. The largest absolute Gasteiger partial charge is 0.374 e. The molecule has 1 aromatic heterocycles. The van der Waals surface area contributed by atoms with Crippen LogP contribution in [0.15, 0.2) is 22.5 Å². The van der Waals surface area contributed by atoms with Gasteiger partial charge in [0.2, 0.25) is 0 Å². The van der Waals surface area contributed by atoms with E-state index in [1.165, 1.54) is 36.4 Å². The lowest BCUT2D eigenvalue weighted by atomic mass is 9.94. The van der Waals surface area contributed by atoms with Crippen LogP contribution in [-0.2, 0) is 0 Å².